The van der Waals surface area contributed by atoms with E-state index in [-0.39, 0.29) is 5.91 Å². The van der Waals surface area contributed by atoms with Gasteiger partial charge in [-0.25, -0.2) is 4.98 Å². The molecule has 1 N–H and O–H groups in total. The van der Waals surface area contributed by atoms with Crippen molar-refractivity contribution >= 4 is 23.2 Å². The summed E-state index contributed by atoms with van der Waals surface area (Å²) in [6, 6.07) is 3.41. The van der Waals surface area contributed by atoms with Gasteiger partial charge in [-0.2, -0.15) is 0 Å². The van der Waals surface area contributed by atoms with E-state index in [0.29, 0.717) is 23.2 Å². The Labute approximate surface area is 101 Å². The Kier molecular flexibility index (Phi) is 5.26. The fourth-order valence-electron chi connectivity index (χ4n) is 1.57. The Morgan fingerprint density at radius 1 is 1.56 bits per heavy atom. The highest BCUT2D eigenvalue weighted by molar-refractivity contribution is 6.29. The van der Waals surface area contributed by atoms with Crippen molar-refractivity contribution in [3.8, 4) is 0 Å². The number of anilines is 1. The van der Waals surface area contributed by atoms with Crippen molar-refractivity contribution in [1.29, 1.82) is 0 Å². The van der Waals surface area contributed by atoms with Crippen LogP contribution in [-0.4, -0.2) is 10.9 Å². The van der Waals surface area contributed by atoms with Gasteiger partial charge in [-0.1, -0.05) is 38.3 Å². The number of nitrogens with one attached hydrogen (secondary N) is 1. The van der Waals surface area contributed by atoms with Gasteiger partial charge < -0.3 is 5.32 Å². The molecule has 16 heavy (non-hydrogen) atoms. The van der Waals surface area contributed by atoms with E-state index in [2.05, 4.69) is 24.1 Å². The largest absolute Gasteiger partial charge is 0.325 e. The van der Waals surface area contributed by atoms with Crippen LogP contribution in [-0.2, 0) is 4.79 Å². The van der Waals surface area contributed by atoms with Crippen LogP contribution < -0.4 is 5.32 Å². The predicted octanol–water partition coefficient (Wildman–Crippen LogP) is 3.50. The molecule has 0 radical (unpaired) electrons. The highest BCUT2D eigenvalue weighted by atomic mass is 35.5. The number of nitrogens with zero attached hydrogens (tertiary/aromatic N) is 1. The van der Waals surface area contributed by atoms with E-state index in [1.165, 1.54) is 0 Å². The third kappa shape index (κ3) is 4.62. The van der Waals surface area contributed by atoms with Crippen molar-refractivity contribution < 1.29 is 4.79 Å². The van der Waals surface area contributed by atoms with Gasteiger partial charge in [0.15, 0.2) is 0 Å². The zero-order valence-electron chi connectivity index (χ0n) is 9.66. The van der Waals surface area contributed by atoms with Gasteiger partial charge in [-0.15, -0.1) is 0 Å². The SMILES string of the molecule is CCCC(C)CC(=O)Nc1ccc(Cl)nc1. The lowest BCUT2D eigenvalue weighted by molar-refractivity contribution is -0.117. The fraction of sp³-hybridized carbons (Fsp3) is 0.500. The average molecular weight is 241 g/mol. The number of aromatic nitrogens is 1. The molecule has 0 saturated heterocycles. The average Bonchev–Trinajstić information content (AvgIpc) is 2.21. The van der Waals surface area contributed by atoms with Gasteiger partial charge in [0.05, 0.1) is 11.9 Å². The van der Waals surface area contributed by atoms with E-state index in [1.54, 1.807) is 18.3 Å². The van der Waals surface area contributed by atoms with Crippen LogP contribution in [0.4, 0.5) is 5.69 Å². The minimum absolute atomic E-state index is 0.0325. The second-order valence-corrected chi connectivity index (χ2v) is 4.40. The lowest BCUT2D eigenvalue weighted by atomic mass is 10.0. The van der Waals surface area contributed by atoms with Crippen molar-refractivity contribution in [2.45, 2.75) is 33.1 Å². The number of carbonyl (C=O) groups excluding carboxylic acids is 1. The third-order valence-corrected chi connectivity index (χ3v) is 2.55. The zero-order valence-corrected chi connectivity index (χ0v) is 10.4. The lowest BCUT2D eigenvalue weighted by Crippen LogP contribution is -2.15. The molecule has 0 aliphatic heterocycles. The molecule has 0 aliphatic rings. The summed E-state index contributed by atoms with van der Waals surface area (Å²) in [5.74, 6) is 0.454. The van der Waals surface area contributed by atoms with Crippen molar-refractivity contribution in [2.75, 3.05) is 5.32 Å². The zero-order chi connectivity index (χ0) is 12.0. The summed E-state index contributed by atoms with van der Waals surface area (Å²) in [4.78, 5) is 15.5. The van der Waals surface area contributed by atoms with Crippen LogP contribution in [0.2, 0.25) is 5.15 Å². The van der Waals surface area contributed by atoms with Crippen LogP contribution in [0, 0.1) is 5.92 Å². The van der Waals surface area contributed by atoms with Gasteiger partial charge in [-0.05, 0) is 18.1 Å². The molecule has 1 atom stereocenters. The molecule has 1 rings (SSSR count). The van der Waals surface area contributed by atoms with E-state index < -0.39 is 0 Å². The minimum Gasteiger partial charge on any atom is -0.325 e. The van der Waals surface area contributed by atoms with E-state index in [4.69, 9.17) is 11.6 Å². The second-order valence-electron chi connectivity index (χ2n) is 4.02. The van der Waals surface area contributed by atoms with Crippen LogP contribution in [0.3, 0.4) is 0 Å². The summed E-state index contributed by atoms with van der Waals surface area (Å²) in [6.07, 6.45) is 4.30. The van der Waals surface area contributed by atoms with Gasteiger partial charge >= 0.3 is 0 Å². The van der Waals surface area contributed by atoms with Crippen LogP contribution in [0.15, 0.2) is 18.3 Å². The molecule has 0 aromatic carbocycles. The molecular formula is C12H17ClN2O. The third-order valence-electron chi connectivity index (χ3n) is 2.33. The van der Waals surface area contributed by atoms with Crippen molar-refractivity contribution in [1.82, 2.24) is 4.98 Å². The molecule has 0 aliphatic carbocycles. The molecule has 0 spiro atoms. The van der Waals surface area contributed by atoms with Crippen LogP contribution in [0.5, 0.6) is 0 Å². The highest BCUT2D eigenvalue weighted by Gasteiger charge is 2.08. The smallest absolute Gasteiger partial charge is 0.224 e. The molecule has 1 amide bonds. The van der Waals surface area contributed by atoms with Gasteiger partial charge in [0.2, 0.25) is 5.91 Å². The number of pyridine rings is 1. The first kappa shape index (κ1) is 13.0. The molecule has 0 bridgehead atoms. The normalized spacial score (nSPS) is 12.2. The number of carbonyl (C=O) groups is 1. The Balaban J connectivity index is 2.42. The van der Waals surface area contributed by atoms with Gasteiger partial charge in [0.25, 0.3) is 0 Å². The van der Waals surface area contributed by atoms with Crippen molar-refractivity contribution in [3.63, 3.8) is 0 Å². The van der Waals surface area contributed by atoms with Crippen molar-refractivity contribution in [2.24, 2.45) is 5.92 Å². The van der Waals surface area contributed by atoms with Crippen LogP contribution >= 0.6 is 11.6 Å². The summed E-state index contributed by atoms with van der Waals surface area (Å²) in [5, 5.41) is 3.23. The number of hydrogen-bond donors (Lipinski definition) is 1. The predicted molar refractivity (Wildman–Crippen MR) is 66.6 cm³/mol. The second kappa shape index (κ2) is 6.48. The van der Waals surface area contributed by atoms with E-state index in [1.807, 2.05) is 0 Å². The Hall–Kier alpha value is -1.09. The molecule has 1 heterocycles. The molecule has 3 nitrogen and oxygen atoms in total. The Bertz CT molecular complexity index is 337. The number of rotatable bonds is 5. The van der Waals surface area contributed by atoms with E-state index >= 15 is 0 Å². The number of hydrogen-bond acceptors (Lipinski definition) is 2. The summed E-state index contributed by atoms with van der Waals surface area (Å²) >= 11 is 5.65. The first-order valence-electron chi connectivity index (χ1n) is 5.53. The molecule has 0 fully saturated rings. The van der Waals surface area contributed by atoms with E-state index in [0.717, 1.165) is 12.8 Å². The Morgan fingerprint density at radius 2 is 2.31 bits per heavy atom. The summed E-state index contributed by atoms with van der Waals surface area (Å²) in [5.41, 5.74) is 0.693. The molecule has 1 unspecified atom stereocenters. The maximum atomic E-state index is 11.6. The molecule has 1 aromatic rings. The monoisotopic (exact) mass is 240 g/mol. The van der Waals surface area contributed by atoms with Crippen molar-refractivity contribution in [3.05, 3.63) is 23.5 Å². The standard InChI is InChI=1S/C12H17ClN2O/c1-3-4-9(2)7-12(16)15-10-5-6-11(13)14-8-10/h5-6,8-9H,3-4,7H2,1-2H3,(H,15,16). The Morgan fingerprint density at radius 3 is 2.88 bits per heavy atom. The number of halogens is 1. The van der Waals surface area contributed by atoms with E-state index in [9.17, 15) is 4.79 Å². The molecular weight excluding hydrogens is 224 g/mol. The van der Waals surface area contributed by atoms with Crippen LogP contribution in [0.25, 0.3) is 0 Å². The topological polar surface area (TPSA) is 42.0 Å². The molecule has 88 valence electrons. The molecule has 1 aromatic heterocycles. The molecule has 0 saturated carbocycles. The number of amides is 1. The lowest BCUT2D eigenvalue weighted by Gasteiger charge is -2.10. The first-order valence-corrected chi connectivity index (χ1v) is 5.91. The van der Waals surface area contributed by atoms with Gasteiger partial charge in [-0.3, -0.25) is 4.79 Å². The first-order chi connectivity index (χ1) is 7.61. The van der Waals surface area contributed by atoms with Crippen LogP contribution in [0.1, 0.15) is 33.1 Å². The van der Waals surface area contributed by atoms with Gasteiger partial charge in [0, 0.05) is 6.42 Å². The quantitative estimate of drug-likeness (QED) is 0.801. The maximum Gasteiger partial charge on any atom is 0.224 e. The van der Waals surface area contributed by atoms with Gasteiger partial charge in [0.1, 0.15) is 5.15 Å². The minimum atomic E-state index is 0.0325. The molecule has 4 heteroatoms. The fourth-order valence-corrected chi connectivity index (χ4v) is 1.68. The summed E-state index contributed by atoms with van der Waals surface area (Å²) < 4.78 is 0. The summed E-state index contributed by atoms with van der Waals surface area (Å²) in [6.45, 7) is 4.21. The highest BCUT2D eigenvalue weighted by Crippen LogP contribution is 2.13. The summed E-state index contributed by atoms with van der Waals surface area (Å²) in [7, 11) is 0. The maximum absolute atomic E-state index is 11.6.